The van der Waals surface area contributed by atoms with E-state index < -0.39 is 0 Å². The van der Waals surface area contributed by atoms with Crippen LogP contribution in [0, 0.1) is 0 Å². The van der Waals surface area contributed by atoms with Gasteiger partial charge in [-0.15, -0.1) is 0 Å². The van der Waals surface area contributed by atoms with Crippen molar-refractivity contribution < 1.29 is 14.8 Å². The number of hydrogen-bond donors (Lipinski definition) is 3. The van der Waals surface area contributed by atoms with Gasteiger partial charge < -0.3 is 20.2 Å². The van der Waals surface area contributed by atoms with Gasteiger partial charge in [-0.3, -0.25) is 4.79 Å². The zero-order valence-electron chi connectivity index (χ0n) is 15.8. The van der Waals surface area contributed by atoms with Crippen LogP contribution in [-0.2, 0) is 4.79 Å². The van der Waals surface area contributed by atoms with Crippen LogP contribution in [0.5, 0.6) is 5.75 Å². The molecule has 8 nitrogen and oxygen atoms in total. The summed E-state index contributed by atoms with van der Waals surface area (Å²) in [6, 6.07) is 12.5. The number of halogens is 1. The van der Waals surface area contributed by atoms with E-state index in [1.54, 1.807) is 41.3 Å². The molecule has 4 rings (SSSR count). The van der Waals surface area contributed by atoms with Crippen LogP contribution in [-0.4, -0.2) is 58.5 Å². The van der Waals surface area contributed by atoms with E-state index in [0.29, 0.717) is 22.9 Å². The number of rotatable bonds is 5. The SMILES string of the molecule is O=C(C[NH+]1CCN(c2ccc(O)cc2)CC1)Nc1cc(Cl)ccc1-n1cncn1. The predicted octanol–water partition coefficient (Wildman–Crippen LogP) is 0.970. The highest BCUT2D eigenvalue weighted by Gasteiger charge is 2.23. The molecule has 9 heteroatoms. The highest BCUT2D eigenvalue weighted by atomic mass is 35.5. The van der Waals surface area contributed by atoms with Crippen molar-refractivity contribution in [1.82, 2.24) is 14.8 Å². The normalized spacial score (nSPS) is 14.7. The maximum atomic E-state index is 12.6. The van der Waals surface area contributed by atoms with Crippen LogP contribution in [0.15, 0.2) is 55.1 Å². The number of amides is 1. The van der Waals surface area contributed by atoms with Gasteiger partial charge in [-0.25, -0.2) is 9.67 Å². The van der Waals surface area contributed by atoms with Crippen molar-refractivity contribution in [2.75, 3.05) is 42.9 Å². The zero-order valence-corrected chi connectivity index (χ0v) is 16.5. The Morgan fingerprint density at radius 3 is 2.62 bits per heavy atom. The fourth-order valence-corrected chi connectivity index (χ4v) is 3.66. The van der Waals surface area contributed by atoms with E-state index in [1.807, 2.05) is 12.1 Å². The van der Waals surface area contributed by atoms with E-state index >= 15 is 0 Å². The maximum Gasteiger partial charge on any atom is 0.279 e. The van der Waals surface area contributed by atoms with E-state index in [4.69, 9.17) is 11.6 Å². The average molecular weight is 414 g/mol. The van der Waals surface area contributed by atoms with Gasteiger partial charge in [0.05, 0.1) is 37.6 Å². The molecule has 0 spiro atoms. The van der Waals surface area contributed by atoms with Crippen LogP contribution in [0.25, 0.3) is 5.69 Å². The molecular formula is C20H22ClN6O2+. The van der Waals surface area contributed by atoms with Crippen molar-refractivity contribution in [1.29, 1.82) is 0 Å². The molecule has 0 saturated carbocycles. The minimum Gasteiger partial charge on any atom is -0.508 e. The quantitative estimate of drug-likeness (QED) is 0.580. The molecule has 0 bridgehead atoms. The number of quaternary nitrogens is 1. The molecule has 1 aliphatic heterocycles. The maximum absolute atomic E-state index is 12.6. The zero-order chi connectivity index (χ0) is 20.2. The Kier molecular flexibility index (Phi) is 5.64. The number of phenols is 1. The summed E-state index contributed by atoms with van der Waals surface area (Å²) in [5.74, 6) is 0.197. The number of nitrogens with one attached hydrogen (secondary N) is 2. The molecule has 1 fully saturated rings. The summed E-state index contributed by atoms with van der Waals surface area (Å²) >= 11 is 6.11. The van der Waals surface area contributed by atoms with Crippen molar-refractivity contribution >= 4 is 28.9 Å². The van der Waals surface area contributed by atoms with Gasteiger partial charge in [-0.05, 0) is 42.5 Å². The Balaban J connectivity index is 1.35. The Morgan fingerprint density at radius 1 is 1.17 bits per heavy atom. The summed E-state index contributed by atoms with van der Waals surface area (Å²) < 4.78 is 1.59. The topological polar surface area (TPSA) is 87.7 Å². The van der Waals surface area contributed by atoms with Crippen LogP contribution in [0.4, 0.5) is 11.4 Å². The molecule has 0 atom stereocenters. The van der Waals surface area contributed by atoms with Crippen LogP contribution in [0.1, 0.15) is 0 Å². The van der Waals surface area contributed by atoms with E-state index in [9.17, 15) is 9.90 Å². The lowest BCUT2D eigenvalue weighted by Crippen LogP contribution is -3.15. The number of piperazine rings is 1. The monoisotopic (exact) mass is 413 g/mol. The van der Waals surface area contributed by atoms with Crippen molar-refractivity contribution in [3.63, 3.8) is 0 Å². The number of benzene rings is 2. The number of nitrogens with zero attached hydrogens (tertiary/aromatic N) is 4. The first-order valence-corrected chi connectivity index (χ1v) is 9.78. The van der Waals surface area contributed by atoms with Gasteiger partial charge >= 0.3 is 0 Å². The van der Waals surface area contributed by atoms with Gasteiger partial charge in [0.1, 0.15) is 18.4 Å². The molecule has 1 aromatic heterocycles. The van der Waals surface area contributed by atoms with Crippen molar-refractivity contribution in [2.45, 2.75) is 0 Å². The third kappa shape index (κ3) is 4.67. The van der Waals surface area contributed by atoms with E-state index in [-0.39, 0.29) is 11.7 Å². The van der Waals surface area contributed by atoms with Crippen molar-refractivity contribution in [2.24, 2.45) is 0 Å². The molecule has 3 aromatic rings. The third-order valence-corrected chi connectivity index (χ3v) is 5.23. The molecule has 3 N–H and O–H groups in total. The minimum absolute atomic E-state index is 0.0679. The summed E-state index contributed by atoms with van der Waals surface area (Å²) in [6.45, 7) is 3.82. The summed E-state index contributed by atoms with van der Waals surface area (Å²) in [5, 5.41) is 17.1. The average Bonchev–Trinajstić information content (AvgIpc) is 3.24. The summed E-state index contributed by atoms with van der Waals surface area (Å²) in [7, 11) is 0. The number of carbonyl (C=O) groups excluding carboxylic acids is 1. The number of anilines is 2. The highest BCUT2D eigenvalue weighted by molar-refractivity contribution is 6.31. The molecule has 1 saturated heterocycles. The number of aromatic hydroxyl groups is 1. The molecule has 0 radical (unpaired) electrons. The molecule has 150 valence electrons. The van der Waals surface area contributed by atoms with E-state index in [1.165, 1.54) is 11.2 Å². The van der Waals surface area contributed by atoms with Crippen LogP contribution >= 0.6 is 11.6 Å². The van der Waals surface area contributed by atoms with Gasteiger partial charge in [0.25, 0.3) is 5.91 Å². The second kappa shape index (κ2) is 8.50. The van der Waals surface area contributed by atoms with Gasteiger partial charge in [0.15, 0.2) is 6.54 Å². The standard InChI is InChI=1S/C20H21ClN6O2/c21-15-1-6-19(27-14-22-13-23-27)18(11-15)24-20(29)12-25-7-9-26(10-8-25)16-2-4-17(28)5-3-16/h1-6,11,13-14,28H,7-10,12H2,(H,24,29)/p+1. The van der Waals surface area contributed by atoms with Gasteiger partial charge in [0, 0.05) is 10.7 Å². The van der Waals surface area contributed by atoms with Crippen LogP contribution in [0.2, 0.25) is 5.02 Å². The summed E-state index contributed by atoms with van der Waals surface area (Å²) in [6.07, 6.45) is 3.02. The second-order valence-corrected chi connectivity index (χ2v) is 7.42. The molecule has 0 unspecified atom stereocenters. The smallest absolute Gasteiger partial charge is 0.279 e. The second-order valence-electron chi connectivity index (χ2n) is 6.98. The lowest BCUT2D eigenvalue weighted by molar-refractivity contribution is -0.892. The van der Waals surface area contributed by atoms with E-state index in [2.05, 4.69) is 20.3 Å². The fourth-order valence-electron chi connectivity index (χ4n) is 3.48. The van der Waals surface area contributed by atoms with Crippen molar-refractivity contribution in [3.8, 4) is 11.4 Å². The molecule has 0 aliphatic carbocycles. The first-order valence-electron chi connectivity index (χ1n) is 9.40. The minimum atomic E-state index is -0.0679. The van der Waals surface area contributed by atoms with Crippen LogP contribution in [0.3, 0.4) is 0 Å². The number of carbonyl (C=O) groups is 1. The van der Waals surface area contributed by atoms with Crippen molar-refractivity contribution in [3.05, 3.63) is 60.1 Å². The Hall–Kier alpha value is -3.10. The molecule has 2 heterocycles. The molecule has 2 aromatic carbocycles. The molecule has 29 heavy (non-hydrogen) atoms. The first kappa shape index (κ1) is 19.2. The summed E-state index contributed by atoms with van der Waals surface area (Å²) in [4.78, 5) is 20.1. The molecular weight excluding hydrogens is 392 g/mol. The predicted molar refractivity (Wildman–Crippen MR) is 111 cm³/mol. The molecule has 1 aliphatic rings. The molecule has 1 amide bonds. The van der Waals surface area contributed by atoms with Gasteiger partial charge in [-0.1, -0.05) is 11.6 Å². The van der Waals surface area contributed by atoms with Gasteiger partial charge in [0.2, 0.25) is 0 Å². The fraction of sp³-hybridized carbons (Fsp3) is 0.250. The van der Waals surface area contributed by atoms with E-state index in [0.717, 1.165) is 31.9 Å². The first-order chi connectivity index (χ1) is 14.1. The largest absolute Gasteiger partial charge is 0.508 e. The lowest BCUT2D eigenvalue weighted by Gasteiger charge is -2.33. The number of phenolic OH excluding ortho intramolecular Hbond substituents is 1. The third-order valence-electron chi connectivity index (χ3n) is 4.99. The summed E-state index contributed by atoms with van der Waals surface area (Å²) in [5.41, 5.74) is 2.41. The lowest BCUT2D eigenvalue weighted by atomic mass is 10.2. The Labute approximate surface area is 173 Å². The Morgan fingerprint density at radius 2 is 1.93 bits per heavy atom. The van der Waals surface area contributed by atoms with Gasteiger partial charge in [-0.2, -0.15) is 5.10 Å². The number of hydrogen-bond acceptors (Lipinski definition) is 5. The number of aromatic nitrogens is 3. The Bertz CT molecular complexity index is 969. The highest BCUT2D eigenvalue weighted by Crippen LogP contribution is 2.23. The van der Waals surface area contributed by atoms with Crippen LogP contribution < -0.4 is 15.1 Å².